The summed E-state index contributed by atoms with van der Waals surface area (Å²) in [5.74, 6) is 0.975. The minimum atomic E-state index is 0.683. The third-order valence-corrected chi connectivity index (χ3v) is 1.80. The van der Waals surface area contributed by atoms with Gasteiger partial charge >= 0.3 is 0 Å². The molecule has 0 spiro atoms. The number of ether oxygens (including phenoxy) is 1. The van der Waals surface area contributed by atoms with Crippen molar-refractivity contribution in [3.63, 3.8) is 0 Å². The summed E-state index contributed by atoms with van der Waals surface area (Å²) < 4.78 is 5.54. The zero-order chi connectivity index (χ0) is 8.97. The molecule has 0 atom stereocenters. The monoisotopic (exact) mass is 168 g/mol. The molecule has 0 unspecified atom stereocenters. The van der Waals surface area contributed by atoms with Gasteiger partial charge in [0.25, 0.3) is 0 Å². The van der Waals surface area contributed by atoms with Gasteiger partial charge in [-0.25, -0.2) is 0 Å². The summed E-state index contributed by atoms with van der Waals surface area (Å²) in [7, 11) is 0. The molecule has 0 amide bonds. The van der Waals surface area contributed by atoms with Crippen molar-refractivity contribution >= 4 is 0 Å². The first-order chi connectivity index (χ1) is 5.75. The molecular weight excluding hydrogens is 152 g/mol. The molecular formula is C9H16N2O. The van der Waals surface area contributed by atoms with Crippen molar-refractivity contribution in [1.82, 2.24) is 4.98 Å². The lowest BCUT2D eigenvalue weighted by Gasteiger charge is -2.05. The molecule has 0 aliphatic rings. The average molecular weight is 168 g/mol. The predicted molar refractivity (Wildman–Crippen MR) is 49.4 cm³/mol. The third kappa shape index (κ3) is 2.01. The SMILES string of the molecule is Cc1c[nH]c(C)c1OCCCN. The van der Waals surface area contributed by atoms with E-state index in [0.717, 1.165) is 23.4 Å². The lowest BCUT2D eigenvalue weighted by atomic mass is 10.3. The van der Waals surface area contributed by atoms with E-state index in [4.69, 9.17) is 10.5 Å². The van der Waals surface area contributed by atoms with Gasteiger partial charge < -0.3 is 15.5 Å². The van der Waals surface area contributed by atoms with E-state index in [1.54, 1.807) is 0 Å². The second-order valence-electron chi connectivity index (χ2n) is 2.92. The highest BCUT2D eigenvalue weighted by atomic mass is 16.5. The number of nitrogens with one attached hydrogen (secondary N) is 1. The Hall–Kier alpha value is -0.960. The van der Waals surface area contributed by atoms with E-state index in [9.17, 15) is 0 Å². The van der Waals surface area contributed by atoms with Crippen molar-refractivity contribution in [2.24, 2.45) is 5.73 Å². The summed E-state index contributed by atoms with van der Waals surface area (Å²) in [5, 5.41) is 0. The Balaban J connectivity index is 2.50. The first kappa shape index (κ1) is 9.13. The van der Waals surface area contributed by atoms with Crippen LogP contribution in [-0.4, -0.2) is 18.1 Å². The Labute approximate surface area is 72.9 Å². The van der Waals surface area contributed by atoms with E-state index < -0.39 is 0 Å². The Morgan fingerprint density at radius 2 is 2.25 bits per heavy atom. The average Bonchev–Trinajstić information content (AvgIpc) is 2.35. The molecule has 1 aromatic heterocycles. The number of rotatable bonds is 4. The fourth-order valence-electron chi connectivity index (χ4n) is 1.12. The summed E-state index contributed by atoms with van der Waals surface area (Å²) >= 11 is 0. The molecule has 1 heterocycles. The second-order valence-corrected chi connectivity index (χ2v) is 2.92. The predicted octanol–water partition coefficient (Wildman–Crippen LogP) is 1.36. The molecule has 68 valence electrons. The van der Waals surface area contributed by atoms with Gasteiger partial charge in [0.05, 0.1) is 12.3 Å². The topological polar surface area (TPSA) is 51.0 Å². The van der Waals surface area contributed by atoms with Crippen LogP contribution in [0.5, 0.6) is 5.75 Å². The summed E-state index contributed by atoms with van der Waals surface area (Å²) in [6, 6.07) is 0. The summed E-state index contributed by atoms with van der Waals surface area (Å²) in [6.45, 7) is 5.42. The van der Waals surface area contributed by atoms with Crippen LogP contribution in [0, 0.1) is 13.8 Å². The molecule has 3 nitrogen and oxygen atoms in total. The highest BCUT2D eigenvalue weighted by Crippen LogP contribution is 2.21. The fraction of sp³-hybridized carbons (Fsp3) is 0.556. The zero-order valence-corrected chi connectivity index (χ0v) is 7.68. The lowest BCUT2D eigenvalue weighted by Crippen LogP contribution is -2.06. The lowest BCUT2D eigenvalue weighted by molar-refractivity contribution is 0.310. The Kier molecular flexibility index (Phi) is 3.17. The normalized spacial score (nSPS) is 10.2. The molecule has 0 aromatic carbocycles. The van der Waals surface area contributed by atoms with Crippen molar-refractivity contribution < 1.29 is 4.74 Å². The van der Waals surface area contributed by atoms with Gasteiger partial charge in [0.1, 0.15) is 5.75 Å². The van der Waals surface area contributed by atoms with Crippen LogP contribution < -0.4 is 10.5 Å². The maximum absolute atomic E-state index is 5.54. The van der Waals surface area contributed by atoms with Crippen LogP contribution in [0.1, 0.15) is 17.7 Å². The summed E-state index contributed by atoms with van der Waals surface area (Å²) in [4.78, 5) is 3.11. The molecule has 3 N–H and O–H groups in total. The van der Waals surface area contributed by atoms with Gasteiger partial charge in [-0.15, -0.1) is 0 Å². The maximum Gasteiger partial charge on any atom is 0.142 e. The number of hydrogen-bond acceptors (Lipinski definition) is 2. The fourth-order valence-corrected chi connectivity index (χ4v) is 1.12. The smallest absolute Gasteiger partial charge is 0.142 e. The van der Waals surface area contributed by atoms with Crippen LogP contribution in [0.4, 0.5) is 0 Å². The van der Waals surface area contributed by atoms with Gasteiger partial charge in [-0.3, -0.25) is 0 Å². The maximum atomic E-state index is 5.54. The highest BCUT2D eigenvalue weighted by molar-refractivity contribution is 5.35. The quantitative estimate of drug-likeness (QED) is 0.667. The van der Waals surface area contributed by atoms with Crippen LogP contribution in [-0.2, 0) is 0 Å². The molecule has 0 bridgehead atoms. The van der Waals surface area contributed by atoms with Gasteiger partial charge in [0.2, 0.25) is 0 Å². The molecule has 0 aliphatic carbocycles. The van der Waals surface area contributed by atoms with Crippen LogP contribution in [0.25, 0.3) is 0 Å². The minimum absolute atomic E-state index is 0.683. The van der Waals surface area contributed by atoms with Crippen LogP contribution in [0.2, 0.25) is 0 Å². The first-order valence-corrected chi connectivity index (χ1v) is 4.23. The molecule has 3 heteroatoms. The number of aryl methyl sites for hydroxylation is 2. The number of aromatic nitrogens is 1. The van der Waals surface area contributed by atoms with Crippen molar-refractivity contribution in [3.05, 3.63) is 17.5 Å². The number of aromatic amines is 1. The van der Waals surface area contributed by atoms with E-state index in [-0.39, 0.29) is 0 Å². The largest absolute Gasteiger partial charge is 0.491 e. The van der Waals surface area contributed by atoms with Crippen molar-refractivity contribution in [2.75, 3.05) is 13.2 Å². The molecule has 0 aliphatic heterocycles. The van der Waals surface area contributed by atoms with Gasteiger partial charge in [0, 0.05) is 11.8 Å². The van der Waals surface area contributed by atoms with E-state index in [1.807, 2.05) is 20.0 Å². The Morgan fingerprint density at radius 3 is 2.75 bits per heavy atom. The standard InChI is InChI=1S/C9H16N2O/c1-7-6-11-8(2)9(7)12-5-3-4-10/h6,11H,3-5,10H2,1-2H3. The van der Waals surface area contributed by atoms with Gasteiger partial charge in [-0.05, 0) is 26.8 Å². The molecule has 0 saturated heterocycles. The van der Waals surface area contributed by atoms with Gasteiger partial charge in [-0.1, -0.05) is 0 Å². The van der Waals surface area contributed by atoms with E-state index in [2.05, 4.69) is 4.98 Å². The highest BCUT2D eigenvalue weighted by Gasteiger charge is 2.03. The molecule has 1 aromatic rings. The molecule has 0 saturated carbocycles. The van der Waals surface area contributed by atoms with Crippen LogP contribution in [0.3, 0.4) is 0 Å². The van der Waals surface area contributed by atoms with Gasteiger partial charge in [0.15, 0.2) is 0 Å². The summed E-state index contributed by atoms with van der Waals surface area (Å²) in [5.41, 5.74) is 7.60. The van der Waals surface area contributed by atoms with E-state index in [0.29, 0.717) is 13.2 Å². The Morgan fingerprint density at radius 1 is 1.50 bits per heavy atom. The van der Waals surface area contributed by atoms with Gasteiger partial charge in [-0.2, -0.15) is 0 Å². The zero-order valence-electron chi connectivity index (χ0n) is 7.68. The van der Waals surface area contributed by atoms with E-state index in [1.165, 1.54) is 0 Å². The third-order valence-electron chi connectivity index (χ3n) is 1.80. The first-order valence-electron chi connectivity index (χ1n) is 4.23. The summed E-state index contributed by atoms with van der Waals surface area (Å²) in [6.07, 6.45) is 2.86. The number of nitrogens with two attached hydrogens (primary N) is 1. The minimum Gasteiger partial charge on any atom is -0.491 e. The number of hydrogen-bond donors (Lipinski definition) is 2. The second kappa shape index (κ2) is 4.16. The van der Waals surface area contributed by atoms with Crippen molar-refractivity contribution in [2.45, 2.75) is 20.3 Å². The number of H-pyrrole nitrogens is 1. The molecule has 0 fully saturated rings. The van der Waals surface area contributed by atoms with Crippen molar-refractivity contribution in [3.8, 4) is 5.75 Å². The van der Waals surface area contributed by atoms with E-state index >= 15 is 0 Å². The Bertz CT molecular complexity index is 223. The van der Waals surface area contributed by atoms with Crippen molar-refractivity contribution in [1.29, 1.82) is 0 Å². The molecule has 1 rings (SSSR count). The molecule has 12 heavy (non-hydrogen) atoms. The van der Waals surface area contributed by atoms with Crippen LogP contribution >= 0.6 is 0 Å². The van der Waals surface area contributed by atoms with Crippen LogP contribution in [0.15, 0.2) is 6.20 Å². The molecule has 0 radical (unpaired) electrons.